The van der Waals surface area contributed by atoms with Gasteiger partial charge in [0.05, 0.1) is 10.7 Å². The predicted octanol–water partition coefficient (Wildman–Crippen LogP) is 5.28. The average Bonchev–Trinajstić information content (AvgIpc) is 3.02. The number of aryl methyl sites for hydroxylation is 1. The van der Waals surface area contributed by atoms with E-state index in [2.05, 4.69) is 12.2 Å². The third-order valence-electron chi connectivity index (χ3n) is 3.96. The van der Waals surface area contributed by atoms with Crippen molar-refractivity contribution < 1.29 is 9.21 Å². The highest BCUT2D eigenvalue weighted by atomic mass is 35.5. The van der Waals surface area contributed by atoms with Crippen molar-refractivity contribution in [2.24, 2.45) is 5.92 Å². The molecule has 1 aromatic heterocycles. The van der Waals surface area contributed by atoms with E-state index < -0.39 is 0 Å². The Labute approximate surface area is 139 Å². The molecule has 1 amide bonds. The van der Waals surface area contributed by atoms with Gasteiger partial charge in [0.1, 0.15) is 11.5 Å². The minimum Gasteiger partial charge on any atom is -0.466 e. The van der Waals surface area contributed by atoms with Crippen molar-refractivity contribution in [1.29, 1.82) is 0 Å². The molecule has 116 valence electrons. The minimum atomic E-state index is -0.109. The van der Waals surface area contributed by atoms with E-state index in [0.717, 1.165) is 11.5 Å². The van der Waals surface area contributed by atoms with Crippen LogP contribution in [0.3, 0.4) is 0 Å². The molecule has 2 aromatic rings. The molecule has 0 unspecified atom stereocenters. The van der Waals surface area contributed by atoms with Gasteiger partial charge in [0.25, 0.3) is 0 Å². The number of amides is 1. The lowest BCUT2D eigenvalue weighted by Crippen LogP contribution is -2.12. The van der Waals surface area contributed by atoms with Gasteiger partial charge < -0.3 is 9.73 Å². The summed E-state index contributed by atoms with van der Waals surface area (Å²) in [5.74, 6) is 3.06. The first-order valence-corrected chi connectivity index (χ1v) is 8.12. The zero-order valence-electron chi connectivity index (χ0n) is 12.2. The maximum absolute atomic E-state index is 12.0. The van der Waals surface area contributed by atoms with Gasteiger partial charge in [-0.25, -0.2) is 0 Å². The first-order valence-electron chi connectivity index (χ1n) is 7.36. The van der Waals surface area contributed by atoms with Crippen molar-refractivity contribution in [1.82, 2.24) is 0 Å². The lowest BCUT2D eigenvalue weighted by atomic mass is 10.2. The number of furan rings is 1. The fraction of sp³-hybridized carbons (Fsp3) is 0.353. The van der Waals surface area contributed by atoms with Gasteiger partial charge in [-0.15, -0.1) is 0 Å². The molecule has 0 aliphatic heterocycles. The highest BCUT2D eigenvalue weighted by molar-refractivity contribution is 6.35. The van der Waals surface area contributed by atoms with Crippen molar-refractivity contribution in [2.45, 2.75) is 32.1 Å². The van der Waals surface area contributed by atoms with Gasteiger partial charge in [-0.2, -0.15) is 0 Å². The molecule has 1 heterocycles. The number of nitrogens with one attached hydrogen (secondary N) is 1. The molecule has 1 N–H and O–H groups in total. The van der Waals surface area contributed by atoms with E-state index in [1.54, 1.807) is 18.2 Å². The Kier molecular flexibility index (Phi) is 4.46. The van der Waals surface area contributed by atoms with Gasteiger partial charge in [-0.1, -0.05) is 30.1 Å². The van der Waals surface area contributed by atoms with Crippen LogP contribution in [0.25, 0.3) is 0 Å². The number of anilines is 1. The van der Waals surface area contributed by atoms with Crippen LogP contribution in [0.4, 0.5) is 5.69 Å². The van der Waals surface area contributed by atoms with Crippen LogP contribution in [0.5, 0.6) is 0 Å². The molecule has 0 saturated heterocycles. The van der Waals surface area contributed by atoms with E-state index in [1.165, 1.54) is 6.42 Å². The number of halogens is 2. The van der Waals surface area contributed by atoms with E-state index in [0.29, 0.717) is 40.4 Å². The number of rotatable bonds is 5. The van der Waals surface area contributed by atoms with Crippen LogP contribution in [0.1, 0.15) is 37.2 Å². The standard InChI is InChI=1S/C17H17Cl2NO2/c1-10-8-13(10)16-6-3-12(22-16)4-7-17(21)20-15-9-11(18)2-5-14(15)19/h2-3,5-6,9-10,13H,4,7-8H2,1H3,(H,20,21)/t10-,13-/m1/s1. The number of carbonyl (C=O) groups excluding carboxylic acids is 1. The zero-order valence-corrected chi connectivity index (χ0v) is 13.7. The average molecular weight is 338 g/mol. The monoisotopic (exact) mass is 337 g/mol. The van der Waals surface area contributed by atoms with Crippen LogP contribution >= 0.6 is 23.2 Å². The summed E-state index contributed by atoms with van der Waals surface area (Å²) in [7, 11) is 0. The molecule has 0 spiro atoms. The van der Waals surface area contributed by atoms with E-state index in [1.807, 2.05) is 12.1 Å². The van der Waals surface area contributed by atoms with Gasteiger partial charge >= 0.3 is 0 Å². The molecular weight excluding hydrogens is 321 g/mol. The Hall–Kier alpha value is -1.45. The molecule has 2 atom stereocenters. The molecule has 5 heteroatoms. The summed E-state index contributed by atoms with van der Waals surface area (Å²) in [5, 5.41) is 3.78. The van der Waals surface area contributed by atoms with Crippen LogP contribution in [0.15, 0.2) is 34.7 Å². The molecule has 3 rings (SSSR count). The van der Waals surface area contributed by atoms with Gasteiger partial charge in [0.2, 0.25) is 5.91 Å². The first-order chi connectivity index (χ1) is 10.5. The summed E-state index contributed by atoms with van der Waals surface area (Å²) in [5.41, 5.74) is 0.533. The van der Waals surface area contributed by atoms with Gasteiger partial charge in [-0.3, -0.25) is 4.79 Å². The summed E-state index contributed by atoms with van der Waals surface area (Å²) in [6.07, 6.45) is 2.11. The molecular formula is C17H17Cl2NO2. The second kappa shape index (κ2) is 6.35. The van der Waals surface area contributed by atoms with E-state index in [4.69, 9.17) is 27.6 Å². The summed E-state index contributed by atoms with van der Waals surface area (Å²) in [6, 6.07) is 8.97. The highest BCUT2D eigenvalue weighted by Gasteiger charge is 2.36. The largest absolute Gasteiger partial charge is 0.466 e. The number of hydrogen-bond acceptors (Lipinski definition) is 2. The Bertz CT molecular complexity index is 696. The summed E-state index contributed by atoms with van der Waals surface area (Å²) >= 11 is 11.9. The SMILES string of the molecule is C[C@@H]1C[C@H]1c1ccc(CCC(=O)Nc2cc(Cl)ccc2Cl)o1. The Balaban J connectivity index is 1.54. The van der Waals surface area contributed by atoms with Crippen molar-refractivity contribution in [2.75, 3.05) is 5.32 Å². The topological polar surface area (TPSA) is 42.2 Å². The number of carbonyl (C=O) groups is 1. The molecule has 1 aliphatic carbocycles. The van der Waals surface area contributed by atoms with E-state index >= 15 is 0 Å². The first kappa shape index (κ1) is 15.4. The van der Waals surface area contributed by atoms with Gasteiger partial charge in [-0.05, 0) is 42.7 Å². The predicted molar refractivity (Wildman–Crippen MR) is 88.6 cm³/mol. The van der Waals surface area contributed by atoms with Crippen molar-refractivity contribution in [3.63, 3.8) is 0 Å². The molecule has 1 fully saturated rings. The third-order valence-corrected chi connectivity index (χ3v) is 4.52. The van der Waals surface area contributed by atoms with E-state index in [9.17, 15) is 4.79 Å². The maximum atomic E-state index is 12.0. The van der Waals surface area contributed by atoms with Crippen LogP contribution in [0, 0.1) is 5.92 Å². The minimum absolute atomic E-state index is 0.109. The molecule has 22 heavy (non-hydrogen) atoms. The van der Waals surface area contributed by atoms with Crippen LogP contribution in [-0.4, -0.2) is 5.91 Å². The third kappa shape index (κ3) is 3.65. The fourth-order valence-electron chi connectivity index (χ4n) is 2.49. The lowest BCUT2D eigenvalue weighted by Gasteiger charge is -2.07. The van der Waals surface area contributed by atoms with Gasteiger partial charge in [0, 0.05) is 23.8 Å². The van der Waals surface area contributed by atoms with E-state index in [-0.39, 0.29) is 5.91 Å². The zero-order chi connectivity index (χ0) is 15.7. The normalized spacial score (nSPS) is 20.0. The Morgan fingerprint density at radius 1 is 1.32 bits per heavy atom. The lowest BCUT2D eigenvalue weighted by molar-refractivity contribution is -0.116. The summed E-state index contributed by atoms with van der Waals surface area (Å²) < 4.78 is 5.79. The molecule has 0 radical (unpaired) electrons. The summed E-state index contributed by atoms with van der Waals surface area (Å²) in [6.45, 7) is 2.22. The quantitative estimate of drug-likeness (QED) is 0.806. The van der Waals surface area contributed by atoms with Gasteiger partial charge in [0.15, 0.2) is 0 Å². The second-order valence-electron chi connectivity index (χ2n) is 5.80. The van der Waals surface area contributed by atoms with Crippen LogP contribution < -0.4 is 5.32 Å². The molecule has 1 aromatic carbocycles. The Morgan fingerprint density at radius 3 is 2.82 bits per heavy atom. The highest BCUT2D eigenvalue weighted by Crippen LogP contribution is 2.47. The maximum Gasteiger partial charge on any atom is 0.224 e. The molecule has 3 nitrogen and oxygen atoms in total. The Morgan fingerprint density at radius 2 is 2.09 bits per heavy atom. The van der Waals surface area contributed by atoms with Crippen LogP contribution in [0.2, 0.25) is 10.0 Å². The van der Waals surface area contributed by atoms with Crippen molar-refractivity contribution in [3.05, 3.63) is 51.9 Å². The van der Waals surface area contributed by atoms with Crippen LogP contribution in [-0.2, 0) is 11.2 Å². The van der Waals surface area contributed by atoms with Crippen molar-refractivity contribution in [3.8, 4) is 0 Å². The smallest absolute Gasteiger partial charge is 0.224 e. The number of benzene rings is 1. The fourth-order valence-corrected chi connectivity index (χ4v) is 2.83. The summed E-state index contributed by atoms with van der Waals surface area (Å²) in [4.78, 5) is 12.0. The number of hydrogen-bond donors (Lipinski definition) is 1. The molecule has 1 saturated carbocycles. The van der Waals surface area contributed by atoms with Crippen molar-refractivity contribution >= 4 is 34.8 Å². The second-order valence-corrected chi connectivity index (χ2v) is 6.64. The molecule has 1 aliphatic rings. The molecule has 0 bridgehead atoms.